The van der Waals surface area contributed by atoms with Gasteiger partial charge in [0.15, 0.2) is 22.9 Å². The third-order valence-electron chi connectivity index (χ3n) is 15.1. The summed E-state index contributed by atoms with van der Waals surface area (Å²) in [4.78, 5) is 65.6. The smallest absolute Gasteiger partial charge is 0.233 e. The monoisotopic (exact) mass is 992 g/mol. The first kappa shape index (κ1) is 47.1. The van der Waals surface area contributed by atoms with Crippen LogP contribution < -0.4 is 15.5 Å². The minimum absolute atomic E-state index is 0.0212. The van der Waals surface area contributed by atoms with Gasteiger partial charge in [-0.25, -0.2) is 9.97 Å². The summed E-state index contributed by atoms with van der Waals surface area (Å²) in [6.07, 6.45) is 8.76. The van der Waals surface area contributed by atoms with Crippen LogP contribution in [-0.2, 0) is 9.53 Å². The molecule has 18 heteroatoms. The fraction of sp³-hybridized carbons (Fsp3) is 0.339. The number of anilines is 3. The standard InChI is InChI=1S/C56H56N12O6/c1-32-28-66(29-33(2)74-32)53-48-45(71)16-19-57-52(48)67-51(64-53)41(27-60-67)39-13-15-43(59-25-39)36-10-7-11-37(22-36)44-23-46(72)47-49(35-17-20-65(21-18-35)55(73)56(3,30-69)31-70)63-50-40(26-61-68(50)54(47)62-44)38-12-14-42(58-24-38)34-8-5-4-6-9-34/h4-15,22,24-27,32-33,35,44,57,62,69-70H,16-21,23,28-31H2,1-3H3. The summed E-state index contributed by atoms with van der Waals surface area (Å²) in [6.45, 7) is 7.22. The second-order valence-electron chi connectivity index (χ2n) is 20.4. The third kappa shape index (κ3) is 8.22. The zero-order chi connectivity index (χ0) is 50.8. The van der Waals surface area contributed by atoms with Crippen LogP contribution in [0.3, 0.4) is 0 Å². The van der Waals surface area contributed by atoms with E-state index in [-0.39, 0.29) is 42.0 Å². The van der Waals surface area contributed by atoms with E-state index in [0.717, 1.165) is 50.3 Å². The number of morpholine rings is 1. The molecule has 0 saturated carbocycles. The van der Waals surface area contributed by atoms with Gasteiger partial charge in [0.2, 0.25) is 5.91 Å². The van der Waals surface area contributed by atoms with Gasteiger partial charge in [0, 0.05) is 97.3 Å². The SMILES string of the molecule is CC1CN(c2nc3c(-c4ccc(-c5cccc(C6CC(=O)c7c(C8CCN(C(=O)C(C)(CO)CO)CC8)nc8c(-c9ccc(-c%10ccccc%10)nc9)cnn8c7N6)c5)nc4)cnn3c3c2C(=O)CCN3)CC(C)O1. The molecule has 3 unspecified atom stereocenters. The molecule has 74 heavy (non-hydrogen) atoms. The number of likely N-dealkylation sites (tertiary alicyclic amines) is 1. The van der Waals surface area contributed by atoms with Crippen LogP contribution in [0.1, 0.15) is 90.4 Å². The zero-order valence-corrected chi connectivity index (χ0v) is 41.4. The van der Waals surface area contributed by atoms with E-state index in [4.69, 9.17) is 34.9 Å². The van der Waals surface area contributed by atoms with Crippen LogP contribution in [-0.4, -0.2) is 130 Å². The number of hydrogen-bond acceptors (Lipinski definition) is 15. The largest absolute Gasteiger partial charge is 0.395 e. The fourth-order valence-electron chi connectivity index (χ4n) is 11.1. The number of hydrogen-bond donors (Lipinski definition) is 4. The molecule has 0 radical (unpaired) electrons. The number of fused-ring (bicyclic) bond motifs is 6. The number of aliphatic hydroxyl groups is 2. The minimum Gasteiger partial charge on any atom is -0.395 e. The third-order valence-corrected chi connectivity index (χ3v) is 15.1. The van der Waals surface area contributed by atoms with E-state index in [0.29, 0.717) is 97.6 Å². The molecule has 4 aliphatic heterocycles. The second kappa shape index (κ2) is 18.8. The van der Waals surface area contributed by atoms with Gasteiger partial charge in [-0.2, -0.15) is 19.2 Å². The highest BCUT2D eigenvalue weighted by molar-refractivity contribution is 6.07. The highest BCUT2D eigenvalue weighted by Gasteiger charge is 2.40. The van der Waals surface area contributed by atoms with Crippen molar-refractivity contribution in [3.05, 3.63) is 126 Å². The van der Waals surface area contributed by atoms with Crippen molar-refractivity contribution >= 4 is 46.2 Å². The topological polar surface area (TPSA) is 218 Å². The lowest BCUT2D eigenvalue weighted by atomic mass is 9.84. The molecular weight excluding hydrogens is 937 g/mol. The maximum Gasteiger partial charge on any atom is 0.233 e. The van der Waals surface area contributed by atoms with Gasteiger partial charge in [-0.15, -0.1) is 0 Å². The summed E-state index contributed by atoms with van der Waals surface area (Å²) in [6, 6.07) is 25.6. The normalized spacial score (nSPS) is 19.3. The molecule has 12 rings (SSSR count). The molecule has 2 saturated heterocycles. The number of rotatable bonds is 10. The van der Waals surface area contributed by atoms with Gasteiger partial charge in [0.25, 0.3) is 0 Å². The van der Waals surface area contributed by atoms with Crippen LogP contribution in [0, 0.1) is 5.41 Å². The molecule has 1 amide bonds. The molecule has 376 valence electrons. The van der Waals surface area contributed by atoms with Crippen LogP contribution in [0.25, 0.3) is 56.1 Å². The molecule has 0 aliphatic carbocycles. The molecule has 18 nitrogen and oxygen atoms in total. The number of pyridine rings is 2. The summed E-state index contributed by atoms with van der Waals surface area (Å²) >= 11 is 0. The summed E-state index contributed by atoms with van der Waals surface area (Å²) in [5, 5.41) is 36.7. The van der Waals surface area contributed by atoms with E-state index >= 15 is 0 Å². The maximum atomic E-state index is 14.7. The molecule has 10 heterocycles. The first-order chi connectivity index (χ1) is 36.0. The summed E-state index contributed by atoms with van der Waals surface area (Å²) in [5.41, 5.74) is 9.15. The average Bonchev–Trinajstić information content (AvgIpc) is 4.08. The molecule has 2 aromatic carbocycles. The van der Waals surface area contributed by atoms with E-state index in [9.17, 15) is 24.6 Å². The number of nitrogens with zero attached hydrogens (tertiary/aromatic N) is 10. The number of aromatic nitrogens is 8. The Bertz CT molecular complexity index is 3470. The van der Waals surface area contributed by atoms with E-state index < -0.39 is 24.7 Å². The van der Waals surface area contributed by atoms with Crippen molar-refractivity contribution in [2.24, 2.45) is 5.41 Å². The molecule has 3 atom stereocenters. The van der Waals surface area contributed by atoms with Crippen molar-refractivity contribution in [3.8, 4) is 44.8 Å². The number of ketones is 2. The quantitative estimate of drug-likeness (QED) is 0.106. The van der Waals surface area contributed by atoms with Gasteiger partial charge < -0.3 is 35.4 Å². The van der Waals surface area contributed by atoms with Gasteiger partial charge in [-0.1, -0.05) is 60.7 Å². The first-order valence-electron chi connectivity index (χ1n) is 25.4. The van der Waals surface area contributed by atoms with E-state index in [1.807, 2.05) is 99.0 Å². The summed E-state index contributed by atoms with van der Waals surface area (Å²) < 4.78 is 9.48. The van der Waals surface area contributed by atoms with Gasteiger partial charge in [-0.05, 0) is 57.4 Å². The Kier molecular flexibility index (Phi) is 12.0. The number of piperidine rings is 1. The molecule has 4 aliphatic rings. The van der Waals surface area contributed by atoms with Crippen LogP contribution in [0.4, 0.5) is 17.5 Å². The Hall–Kier alpha value is -7.93. The number of Topliss-reactive ketones (excluding diaryl/α,β-unsaturated/α-hetero) is 2. The number of carbonyl (C=O) groups is 3. The van der Waals surface area contributed by atoms with Crippen molar-refractivity contribution in [2.45, 2.75) is 70.6 Å². The lowest BCUT2D eigenvalue weighted by molar-refractivity contribution is -0.147. The Balaban J connectivity index is 0.862. The van der Waals surface area contributed by atoms with Crippen molar-refractivity contribution in [3.63, 3.8) is 0 Å². The molecular formula is C56H56N12O6. The van der Waals surface area contributed by atoms with Crippen molar-refractivity contribution < 1.29 is 29.3 Å². The molecule has 4 N–H and O–H groups in total. The lowest BCUT2D eigenvalue weighted by Crippen LogP contribution is -2.49. The number of aliphatic hydroxyl groups excluding tert-OH is 2. The molecule has 0 bridgehead atoms. The Labute approximate surface area is 426 Å². The Morgan fingerprint density at radius 1 is 0.730 bits per heavy atom. The predicted octanol–water partition coefficient (Wildman–Crippen LogP) is 7.28. The molecule has 0 spiro atoms. The average molecular weight is 993 g/mol. The number of nitrogens with one attached hydrogen (secondary N) is 2. The maximum absolute atomic E-state index is 14.7. The predicted molar refractivity (Wildman–Crippen MR) is 279 cm³/mol. The summed E-state index contributed by atoms with van der Waals surface area (Å²) in [5.74, 6) is 1.35. The van der Waals surface area contributed by atoms with Crippen LogP contribution in [0.2, 0.25) is 0 Å². The highest BCUT2D eigenvalue weighted by Crippen LogP contribution is 2.42. The highest BCUT2D eigenvalue weighted by atomic mass is 16.5. The molecule has 6 aromatic heterocycles. The molecule has 2 fully saturated rings. The lowest BCUT2D eigenvalue weighted by Gasteiger charge is -2.37. The van der Waals surface area contributed by atoms with E-state index in [1.54, 1.807) is 33.2 Å². The Morgan fingerprint density at radius 2 is 1.36 bits per heavy atom. The van der Waals surface area contributed by atoms with Crippen molar-refractivity contribution in [2.75, 3.05) is 61.5 Å². The fourth-order valence-corrected chi connectivity index (χ4v) is 11.1. The van der Waals surface area contributed by atoms with Crippen molar-refractivity contribution in [1.82, 2.24) is 44.1 Å². The van der Waals surface area contributed by atoms with E-state index in [2.05, 4.69) is 21.6 Å². The first-order valence-corrected chi connectivity index (χ1v) is 25.4. The van der Waals surface area contributed by atoms with Gasteiger partial charge in [-0.3, -0.25) is 24.4 Å². The number of amides is 1. The Morgan fingerprint density at radius 3 is 2.01 bits per heavy atom. The van der Waals surface area contributed by atoms with Crippen LogP contribution in [0.5, 0.6) is 0 Å². The minimum atomic E-state index is -1.28. The number of benzene rings is 2. The number of ether oxygens (including phenoxy) is 1. The van der Waals surface area contributed by atoms with Crippen LogP contribution in [0.15, 0.2) is 104 Å². The van der Waals surface area contributed by atoms with Gasteiger partial charge in [0.1, 0.15) is 23.0 Å². The van der Waals surface area contributed by atoms with Crippen LogP contribution >= 0.6 is 0 Å². The second-order valence-corrected chi connectivity index (χ2v) is 20.4. The van der Waals surface area contributed by atoms with E-state index in [1.165, 1.54) is 0 Å². The number of carbonyl (C=O) groups excluding carboxylic acids is 3. The van der Waals surface area contributed by atoms with Gasteiger partial charge >= 0.3 is 0 Å². The zero-order valence-electron chi connectivity index (χ0n) is 41.4. The van der Waals surface area contributed by atoms with Crippen molar-refractivity contribution in [1.29, 1.82) is 0 Å². The molecule has 8 aromatic rings. The summed E-state index contributed by atoms with van der Waals surface area (Å²) in [7, 11) is 0. The van der Waals surface area contributed by atoms with Gasteiger partial charge in [0.05, 0.1) is 71.9 Å².